The highest BCUT2D eigenvalue weighted by Gasteiger charge is 2.34. The van der Waals surface area contributed by atoms with Gasteiger partial charge in [0, 0.05) is 0 Å². The number of aliphatic carboxylic acids is 1. The molecule has 0 aliphatic carbocycles. The Labute approximate surface area is 206 Å². The molecule has 1 aliphatic rings. The van der Waals surface area contributed by atoms with Crippen LogP contribution in [0.15, 0.2) is 78.9 Å². The van der Waals surface area contributed by atoms with Gasteiger partial charge in [-0.2, -0.15) is 0 Å². The number of carboxylic acid groups (broad SMARTS) is 1. The molecule has 0 saturated heterocycles. The van der Waals surface area contributed by atoms with E-state index in [1.165, 1.54) is 5.56 Å². The van der Waals surface area contributed by atoms with E-state index in [2.05, 4.69) is 31.3 Å². The lowest BCUT2D eigenvalue weighted by molar-refractivity contribution is -0.140. The van der Waals surface area contributed by atoms with Crippen LogP contribution in [0.2, 0.25) is 0 Å². The Morgan fingerprint density at radius 1 is 1.00 bits per heavy atom. The van der Waals surface area contributed by atoms with Gasteiger partial charge in [0.15, 0.2) is 0 Å². The number of nitrogens with one attached hydrogen (secondary N) is 1. The molecule has 0 unspecified atom stereocenters. The van der Waals surface area contributed by atoms with E-state index in [0.717, 1.165) is 11.1 Å². The van der Waals surface area contributed by atoms with Crippen LogP contribution in [0.5, 0.6) is 5.75 Å². The van der Waals surface area contributed by atoms with Gasteiger partial charge in [0.2, 0.25) is 5.91 Å². The number of carbonyl (C=O) groups excluding carboxylic acids is 1. The molecule has 0 fully saturated rings. The summed E-state index contributed by atoms with van der Waals surface area (Å²) in [6.45, 7) is 4.73. The second-order valence-electron chi connectivity index (χ2n) is 9.23. The second-order valence-corrected chi connectivity index (χ2v) is 9.23. The van der Waals surface area contributed by atoms with E-state index in [1.807, 2.05) is 66.7 Å². The van der Waals surface area contributed by atoms with Gasteiger partial charge in [-0.1, -0.05) is 80.6 Å². The van der Waals surface area contributed by atoms with Crippen LogP contribution < -0.4 is 15.0 Å². The van der Waals surface area contributed by atoms with Gasteiger partial charge in [-0.15, -0.1) is 0 Å². The summed E-state index contributed by atoms with van der Waals surface area (Å²) >= 11 is 0. The van der Waals surface area contributed by atoms with Crippen molar-refractivity contribution in [3.8, 4) is 5.75 Å². The minimum atomic E-state index is -0.980. The molecule has 4 rings (SSSR count). The number of para-hydroxylation sites is 2. The van der Waals surface area contributed by atoms with Crippen LogP contribution in [-0.4, -0.2) is 35.7 Å². The van der Waals surface area contributed by atoms with Crippen molar-refractivity contribution in [3.05, 3.63) is 95.6 Å². The van der Waals surface area contributed by atoms with E-state index in [9.17, 15) is 14.7 Å². The first kappa shape index (κ1) is 24.5. The van der Waals surface area contributed by atoms with Crippen molar-refractivity contribution < 1.29 is 19.4 Å². The smallest absolute Gasteiger partial charge is 0.320 e. The molecule has 1 heterocycles. The number of ether oxygens (including phenoxy) is 1. The number of nitrogens with zero attached hydrogens (tertiary/aromatic N) is 1. The van der Waals surface area contributed by atoms with Crippen molar-refractivity contribution in [1.82, 2.24) is 5.32 Å². The predicted molar refractivity (Wildman–Crippen MR) is 137 cm³/mol. The molecular formula is C29H32N2O4. The Kier molecular flexibility index (Phi) is 7.83. The molecule has 35 heavy (non-hydrogen) atoms. The number of carbonyl (C=O) groups is 2. The van der Waals surface area contributed by atoms with Crippen LogP contribution in [-0.2, 0) is 22.6 Å². The molecule has 0 bridgehead atoms. The zero-order chi connectivity index (χ0) is 24.8. The van der Waals surface area contributed by atoms with Crippen LogP contribution in [0.25, 0.3) is 0 Å². The Morgan fingerprint density at radius 3 is 2.37 bits per heavy atom. The summed E-state index contributed by atoms with van der Waals surface area (Å²) < 4.78 is 5.98. The largest absolute Gasteiger partial charge is 0.489 e. The number of rotatable bonds is 9. The molecular weight excluding hydrogens is 440 g/mol. The summed E-state index contributed by atoms with van der Waals surface area (Å²) in [5, 5.41) is 12.9. The van der Waals surface area contributed by atoms with E-state index in [0.29, 0.717) is 36.7 Å². The van der Waals surface area contributed by atoms with Crippen molar-refractivity contribution >= 4 is 17.6 Å². The van der Waals surface area contributed by atoms with Crippen LogP contribution in [0.3, 0.4) is 0 Å². The molecule has 3 aromatic carbocycles. The summed E-state index contributed by atoms with van der Waals surface area (Å²) in [5.41, 5.74) is 3.98. The van der Waals surface area contributed by atoms with E-state index in [1.54, 1.807) is 4.90 Å². The fraction of sp³-hybridized carbons (Fsp3) is 0.310. The maximum absolute atomic E-state index is 13.7. The number of hydrogen-bond donors (Lipinski definition) is 2. The number of fused-ring (bicyclic) bond motifs is 1. The summed E-state index contributed by atoms with van der Waals surface area (Å²) in [4.78, 5) is 27.4. The summed E-state index contributed by atoms with van der Waals surface area (Å²) in [5.74, 6) is -0.143. The van der Waals surface area contributed by atoms with Crippen molar-refractivity contribution in [1.29, 1.82) is 0 Å². The highest BCUT2D eigenvalue weighted by Crippen LogP contribution is 2.32. The van der Waals surface area contributed by atoms with Gasteiger partial charge in [0.25, 0.3) is 0 Å². The molecule has 6 nitrogen and oxygen atoms in total. The van der Waals surface area contributed by atoms with E-state index in [4.69, 9.17) is 4.74 Å². The maximum atomic E-state index is 13.7. The van der Waals surface area contributed by atoms with Crippen LogP contribution in [0, 0.1) is 0 Å². The van der Waals surface area contributed by atoms with Crippen molar-refractivity contribution in [2.45, 2.75) is 51.2 Å². The zero-order valence-electron chi connectivity index (χ0n) is 20.2. The van der Waals surface area contributed by atoms with Gasteiger partial charge in [-0.05, 0) is 47.6 Å². The lowest BCUT2D eigenvalue weighted by atomic mass is 10.0. The molecule has 0 radical (unpaired) electrons. The van der Waals surface area contributed by atoms with Crippen LogP contribution >= 0.6 is 0 Å². The molecule has 6 heteroatoms. The van der Waals surface area contributed by atoms with Crippen molar-refractivity contribution in [3.63, 3.8) is 0 Å². The number of aryl methyl sites for hydroxylation is 1. The van der Waals surface area contributed by atoms with E-state index >= 15 is 0 Å². The monoisotopic (exact) mass is 472 g/mol. The zero-order valence-corrected chi connectivity index (χ0v) is 20.2. The minimum absolute atomic E-state index is 0.0632. The number of anilines is 1. The molecule has 182 valence electrons. The fourth-order valence-corrected chi connectivity index (χ4v) is 4.30. The number of benzene rings is 3. The first-order valence-electron chi connectivity index (χ1n) is 12.1. The Balaban J connectivity index is 1.54. The standard InChI is InChI=1S/C29H32N2O4/c1-20(2)23-15-12-22(13-16-23)18-31-26-10-6-7-11-27(26)35-19-25(28(31)32)30-24(29(33)34)17-14-21-8-4-3-5-9-21/h3-13,15-16,20,24-25,30H,14,17-19H2,1-2H3,(H,33,34)/t24-,25+/m0/s1. The third kappa shape index (κ3) is 6.08. The third-order valence-electron chi connectivity index (χ3n) is 6.38. The predicted octanol–water partition coefficient (Wildman–Crippen LogP) is 4.78. The van der Waals surface area contributed by atoms with Gasteiger partial charge in [0.05, 0.1) is 12.2 Å². The molecule has 2 N–H and O–H groups in total. The summed E-state index contributed by atoms with van der Waals surface area (Å²) in [7, 11) is 0. The molecule has 3 aromatic rings. The Morgan fingerprint density at radius 2 is 1.69 bits per heavy atom. The lowest BCUT2D eigenvalue weighted by Gasteiger charge is -2.27. The van der Waals surface area contributed by atoms with Gasteiger partial charge in [0.1, 0.15) is 24.4 Å². The first-order chi connectivity index (χ1) is 16.9. The van der Waals surface area contributed by atoms with Crippen LogP contribution in [0.4, 0.5) is 5.69 Å². The highest BCUT2D eigenvalue weighted by atomic mass is 16.5. The lowest BCUT2D eigenvalue weighted by Crippen LogP contribution is -2.53. The minimum Gasteiger partial charge on any atom is -0.489 e. The number of carboxylic acids is 1. The third-order valence-corrected chi connectivity index (χ3v) is 6.38. The Hall–Kier alpha value is -3.64. The fourth-order valence-electron chi connectivity index (χ4n) is 4.30. The average molecular weight is 473 g/mol. The van der Waals surface area contributed by atoms with E-state index in [-0.39, 0.29) is 12.5 Å². The quantitative estimate of drug-likeness (QED) is 0.469. The van der Waals surface area contributed by atoms with Gasteiger partial charge in [-0.3, -0.25) is 14.9 Å². The SMILES string of the molecule is CC(C)c1ccc(CN2C(=O)[C@H](N[C@@H](CCc3ccccc3)C(=O)O)COc3ccccc32)cc1. The molecule has 2 atom stereocenters. The van der Waals surface area contributed by atoms with Gasteiger partial charge >= 0.3 is 5.97 Å². The Bertz CT molecular complexity index is 1140. The van der Waals surface area contributed by atoms with Crippen molar-refractivity contribution in [2.75, 3.05) is 11.5 Å². The average Bonchev–Trinajstić information content (AvgIpc) is 2.99. The highest BCUT2D eigenvalue weighted by molar-refractivity contribution is 5.99. The van der Waals surface area contributed by atoms with Crippen LogP contribution in [0.1, 0.15) is 42.9 Å². The molecule has 1 amide bonds. The molecule has 0 spiro atoms. The normalized spacial score (nSPS) is 16.4. The van der Waals surface area contributed by atoms with E-state index < -0.39 is 18.1 Å². The van der Waals surface area contributed by atoms with Crippen molar-refractivity contribution in [2.24, 2.45) is 0 Å². The summed E-state index contributed by atoms with van der Waals surface area (Å²) in [6, 6.07) is 23.8. The number of amides is 1. The maximum Gasteiger partial charge on any atom is 0.320 e. The number of hydrogen-bond acceptors (Lipinski definition) is 4. The topological polar surface area (TPSA) is 78.9 Å². The molecule has 0 saturated carbocycles. The molecule has 1 aliphatic heterocycles. The summed E-state index contributed by atoms with van der Waals surface area (Å²) in [6.07, 6.45) is 0.964. The van der Waals surface area contributed by atoms with Gasteiger partial charge < -0.3 is 14.7 Å². The first-order valence-corrected chi connectivity index (χ1v) is 12.1. The second kappa shape index (κ2) is 11.2. The molecule has 0 aromatic heterocycles. The van der Waals surface area contributed by atoms with Gasteiger partial charge in [-0.25, -0.2) is 0 Å².